The Bertz CT molecular complexity index is 1050. The van der Waals surface area contributed by atoms with Gasteiger partial charge >= 0.3 is 12.5 Å². The van der Waals surface area contributed by atoms with Crippen molar-refractivity contribution in [1.29, 1.82) is 0 Å². The van der Waals surface area contributed by atoms with Crippen LogP contribution in [0, 0.1) is 29.3 Å². The van der Waals surface area contributed by atoms with E-state index in [1.165, 1.54) is 38.5 Å². The summed E-state index contributed by atoms with van der Waals surface area (Å²) in [6.07, 6.45) is 0.269. The summed E-state index contributed by atoms with van der Waals surface area (Å²) in [5, 5.41) is 0. The van der Waals surface area contributed by atoms with Crippen LogP contribution in [0.4, 0.5) is 39.5 Å². The normalized spacial score (nSPS) is 23.2. The average Bonchev–Trinajstić information content (AvgIpc) is 2.92. The first-order valence-electron chi connectivity index (χ1n) is 14.3. The number of hydrogen-bond acceptors (Lipinski definition) is 1. The van der Waals surface area contributed by atoms with Gasteiger partial charge in [0.2, 0.25) is 0 Å². The first-order valence-corrected chi connectivity index (χ1v) is 14.3. The molecule has 0 aliphatic heterocycles. The molecule has 230 valence electrons. The molecule has 1 nitrogen and oxygen atoms in total. The molecule has 0 N–H and O–H groups in total. The average molecular weight is 597 g/mol. The van der Waals surface area contributed by atoms with Crippen molar-refractivity contribution in [2.75, 3.05) is 6.67 Å². The van der Waals surface area contributed by atoms with Crippen LogP contribution in [0.1, 0.15) is 89.0 Å². The van der Waals surface area contributed by atoms with Crippen LogP contribution in [0.2, 0.25) is 0 Å². The molecule has 10 heteroatoms. The zero-order valence-corrected chi connectivity index (χ0v) is 23.1. The van der Waals surface area contributed by atoms with Crippen LogP contribution in [0.3, 0.4) is 0 Å². The number of alkyl halides is 6. The molecule has 2 aromatic rings. The summed E-state index contributed by atoms with van der Waals surface area (Å²) in [7, 11) is 0. The fourth-order valence-electron chi connectivity index (χ4n) is 5.79. The van der Waals surface area contributed by atoms with Crippen molar-refractivity contribution in [3.05, 3.63) is 53.3 Å². The fraction of sp³-hybridized carbons (Fsp3) is 0.613. The Labute approximate surface area is 235 Å². The van der Waals surface area contributed by atoms with Crippen LogP contribution in [-0.4, -0.2) is 25.4 Å². The van der Waals surface area contributed by atoms with E-state index in [0.717, 1.165) is 30.5 Å². The molecule has 0 radical (unpaired) electrons. The summed E-state index contributed by atoms with van der Waals surface area (Å²) in [6, 6.07) is 4.15. The van der Waals surface area contributed by atoms with Crippen LogP contribution < -0.4 is 4.74 Å². The summed E-state index contributed by atoms with van der Waals surface area (Å²) < 4.78 is 122. The lowest BCUT2D eigenvalue weighted by atomic mass is 9.79. The Balaban J connectivity index is 0.000000322. The molecule has 2 saturated carbocycles. The maximum atomic E-state index is 14.6. The van der Waals surface area contributed by atoms with Gasteiger partial charge in [-0.15, -0.1) is 0 Å². The number of hydrogen-bond donors (Lipinski definition) is 0. The highest BCUT2D eigenvalue weighted by atomic mass is 19.3. The molecule has 2 aliphatic carbocycles. The minimum Gasteiger partial charge on any atom is -0.425 e. The smallest absolute Gasteiger partial charge is 0.425 e. The van der Waals surface area contributed by atoms with Gasteiger partial charge in [0.05, 0.1) is 12.2 Å². The molecule has 0 unspecified atom stereocenters. The van der Waals surface area contributed by atoms with E-state index in [-0.39, 0.29) is 18.2 Å². The second-order valence-electron chi connectivity index (χ2n) is 11.1. The second-order valence-corrected chi connectivity index (χ2v) is 11.1. The predicted octanol–water partition coefficient (Wildman–Crippen LogP) is 11.0. The third kappa shape index (κ3) is 9.30. The topological polar surface area (TPSA) is 9.23 Å². The zero-order chi connectivity index (χ0) is 30.2. The first kappa shape index (κ1) is 33.1. The van der Waals surface area contributed by atoms with Crippen molar-refractivity contribution in [3.63, 3.8) is 0 Å². The van der Waals surface area contributed by atoms with Crippen LogP contribution in [-0.2, 0) is 0 Å². The van der Waals surface area contributed by atoms with E-state index in [1.54, 1.807) is 0 Å². The van der Waals surface area contributed by atoms with E-state index in [9.17, 15) is 39.5 Å². The summed E-state index contributed by atoms with van der Waals surface area (Å²) in [6.45, 7) is 2.15. The second kappa shape index (κ2) is 15.2. The van der Waals surface area contributed by atoms with Gasteiger partial charge < -0.3 is 4.74 Å². The SMILES string of the molecule is CCCC1CCC(CCF)CC1.Fc1cc(-c2c(F)cc(C3CCC(F)CC3)cc2F)ccc1OC(F)(F)C(F)F. The van der Waals surface area contributed by atoms with E-state index < -0.39 is 47.5 Å². The van der Waals surface area contributed by atoms with Crippen molar-refractivity contribution >= 4 is 0 Å². The molecule has 4 rings (SSSR count). The molecule has 0 bridgehead atoms. The Morgan fingerprint density at radius 3 is 1.85 bits per heavy atom. The molecular weight excluding hydrogens is 559 g/mol. The zero-order valence-electron chi connectivity index (χ0n) is 23.1. The molecule has 2 fully saturated rings. The van der Waals surface area contributed by atoms with Gasteiger partial charge in [-0.2, -0.15) is 17.6 Å². The molecule has 0 amide bonds. The minimum absolute atomic E-state index is 0.108. The van der Waals surface area contributed by atoms with E-state index in [0.29, 0.717) is 49.3 Å². The van der Waals surface area contributed by atoms with Gasteiger partial charge in [-0.1, -0.05) is 51.5 Å². The van der Waals surface area contributed by atoms with Crippen molar-refractivity contribution in [2.45, 2.75) is 102 Å². The van der Waals surface area contributed by atoms with Crippen LogP contribution in [0.25, 0.3) is 11.1 Å². The number of benzene rings is 2. The van der Waals surface area contributed by atoms with E-state index in [2.05, 4.69) is 11.7 Å². The lowest BCUT2D eigenvalue weighted by Crippen LogP contribution is -2.33. The number of halogens is 9. The molecule has 0 heterocycles. The molecule has 41 heavy (non-hydrogen) atoms. The maximum absolute atomic E-state index is 14.6. The number of ether oxygens (including phenoxy) is 1. The highest BCUT2D eigenvalue weighted by Crippen LogP contribution is 2.38. The Hall–Kier alpha value is -2.39. The molecular formula is C31H37F9O. The van der Waals surface area contributed by atoms with Gasteiger partial charge in [0.1, 0.15) is 17.8 Å². The van der Waals surface area contributed by atoms with Crippen LogP contribution in [0.5, 0.6) is 5.75 Å². The minimum atomic E-state index is -4.92. The van der Waals surface area contributed by atoms with Crippen molar-refractivity contribution in [3.8, 4) is 16.9 Å². The summed E-state index contributed by atoms with van der Waals surface area (Å²) >= 11 is 0. The van der Waals surface area contributed by atoms with Gasteiger partial charge in [-0.3, -0.25) is 4.39 Å². The Morgan fingerprint density at radius 1 is 0.805 bits per heavy atom. The fourth-order valence-corrected chi connectivity index (χ4v) is 5.79. The van der Waals surface area contributed by atoms with Gasteiger partial charge in [-0.05, 0) is 85.3 Å². The maximum Gasteiger partial charge on any atom is 0.461 e. The van der Waals surface area contributed by atoms with Crippen molar-refractivity contribution in [2.24, 2.45) is 11.8 Å². The Kier molecular flexibility index (Phi) is 12.3. The quantitative estimate of drug-likeness (QED) is 0.262. The molecule has 0 atom stereocenters. The summed E-state index contributed by atoms with van der Waals surface area (Å²) in [5.74, 6) is -3.20. The molecule has 0 aromatic heterocycles. The van der Waals surface area contributed by atoms with Gasteiger partial charge in [0.15, 0.2) is 11.6 Å². The van der Waals surface area contributed by atoms with Gasteiger partial charge in [-0.25, -0.2) is 17.6 Å². The van der Waals surface area contributed by atoms with Gasteiger partial charge in [0.25, 0.3) is 0 Å². The number of rotatable bonds is 9. The van der Waals surface area contributed by atoms with Crippen LogP contribution >= 0.6 is 0 Å². The van der Waals surface area contributed by atoms with Gasteiger partial charge in [0, 0.05) is 0 Å². The lowest BCUT2D eigenvalue weighted by Gasteiger charge is -2.27. The molecule has 0 spiro atoms. The van der Waals surface area contributed by atoms with E-state index in [1.807, 2.05) is 0 Å². The third-order valence-corrected chi connectivity index (χ3v) is 8.09. The van der Waals surface area contributed by atoms with Crippen molar-refractivity contribution < 1.29 is 44.3 Å². The third-order valence-electron chi connectivity index (χ3n) is 8.09. The van der Waals surface area contributed by atoms with E-state index >= 15 is 0 Å². The monoisotopic (exact) mass is 596 g/mol. The summed E-state index contributed by atoms with van der Waals surface area (Å²) in [4.78, 5) is 0. The largest absolute Gasteiger partial charge is 0.461 e. The molecule has 0 saturated heterocycles. The lowest BCUT2D eigenvalue weighted by molar-refractivity contribution is -0.254. The Morgan fingerprint density at radius 2 is 1.37 bits per heavy atom. The molecule has 2 aromatic carbocycles. The van der Waals surface area contributed by atoms with E-state index in [4.69, 9.17) is 0 Å². The van der Waals surface area contributed by atoms with Crippen molar-refractivity contribution in [1.82, 2.24) is 0 Å². The van der Waals surface area contributed by atoms with Crippen LogP contribution in [0.15, 0.2) is 30.3 Å². The first-order chi connectivity index (χ1) is 19.4. The predicted molar refractivity (Wildman–Crippen MR) is 140 cm³/mol. The highest BCUT2D eigenvalue weighted by Gasteiger charge is 2.44. The summed E-state index contributed by atoms with van der Waals surface area (Å²) in [5.41, 5.74) is -0.559. The molecule has 2 aliphatic rings. The highest BCUT2D eigenvalue weighted by molar-refractivity contribution is 5.66. The standard InChI is InChI=1S/C20H16F8O.C11H21F/c21-13-4-1-10(2-5-13)12-8-15(23)18(16(24)9-12)11-3-6-17(14(22)7-11)29-20(27,28)19(25)26;1-2-3-10-4-6-11(7-5-10)8-9-12/h3,6-10,13,19H,1-2,4-5H2;10-11H,2-9H2,1H3.